The zero-order valence-electron chi connectivity index (χ0n) is 10.8. The van der Waals surface area contributed by atoms with E-state index in [9.17, 15) is 13.9 Å². The fourth-order valence-corrected chi connectivity index (χ4v) is 1.49. The lowest BCUT2D eigenvalue weighted by atomic mass is 9.83. The summed E-state index contributed by atoms with van der Waals surface area (Å²) in [6.07, 6.45) is -0.767. The number of aliphatic hydroxyl groups excluding tert-OH is 1. The molecular formula is C13H20ClF2NO. The van der Waals surface area contributed by atoms with Crippen LogP contribution in [0.5, 0.6) is 0 Å². The Morgan fingerprint density at radius 2 is 1.83 bits per heavy atom. The summed E-state index contributed by atoms with van der Waals surface area (Å²) in [6.45, 7) is 5.85. The number of hydrogen-bond donors (Lipinski definition) is 2. The molecule has 0 fully saturated rings. The van der Waals surface area contributed by atoms with Gasteiger partial charge in [-0.3, -0.25) is 0 Å². The predicted octanol–water partition coefficient (Wildman–Crippen LogP) is 3.18. The SMILES string of the molecule is CC(C)(C)[C@@H](N)C[C@H](O)c1ccc(F)cc1F.Cl. The van der Waals surface area contributed by atoms with Crippen molar-refractivity contribution in [3.8, 4) is 0 Å². The Labute approximate surface area is 113 Å². The van der Waals surface area contributed by atoms with E-state index < -0.39 is 17.7 Å². The molecule has 0 unspecified atom stereocenters. The van der Waals surface area contributed by atoms with E-state index in [4.69, 9.17) is 5.73 Å². The van der Waals surface area contributed by atoms with Gasteiger partial charge in [-0.15, -0.1) is 12.4 Å². The molecule has 0 saturated heterocycles. The summed E-state index contributed by atoms with van der Waals surface area (Å²) in [6, 6.07) is 2.89. The minimum Gasteiger partial charge on any atom is -0.388 e. The molecule has 0 aliphatic carbocycles. The van der Waals surface area contributed by atoms with Crippen LogP contribution < -0.4 is 5.73 Å². The minimum absolute atomic E-state index is 0. The lowest BCUT2D eigenvalue weighted by Gasteiger charge is -2.29. The first-order chi connectivity index (χ1) is 7.71. The minimum atomic E-state index is -1.01. The number of hydrogen-bond acceptors (Lipinski definition) is 2. The van der Waals surface area contributed by atoms with Crippen LogP contribution in [-0.4, -0.2) is 11.1 Å². The predicted molar refractivity (Wildman–Crippen MR) is 70.6 cm³/mol. The number of nitrogens with two attached hydrogens (primary N) is 1. The van der Waals surface area contributed by atoms with Crippen LogP contribution in [0.25, 0.3) is 0 Å². The van der Waals surface area contributed by atoms with E-state index >= 15 is 0 Å². The third-order valence-electron chi connectivity index (χ3n) is 2.91. The molecule has 0 aromatic heterocycles. The smallest absolute Gasteiger partial charge is 0.131 e. The van der Waals surface area contributed by atoms with Crippen molar-refractivity contribution < 1.29 is 13.9 Å². The van der Waals surface area contributed by atoms with Crippen molar-refractivity contribution in [3.05, 3.63) is 35.4 Å². The van der Waals surface area contributed by atoms with Crippen LogP contribution in [0, 0.1) is 17.0 Å². The Morgan fingerprint density at radius 1 is 1.28 bits per heavy atom. The Bertz CT molecular complexity index is 393. The molecule has 2 nitrogen and oxygen atoms in total. The van der Waals surface area contributed by atoms with Crippen LogP contribution >= 0.6 is 12.4 Å². The van der Waals surface area contributed by atoms with Crippen LogP contribution in [0.1, 0.15) is 38.9 Å². The normalized spacial score (nSPS) is 14.8. The number of aliphatic hydroxyl groups is 1. The molecule has 1 aromatic rings. The van der Waals surface area contributed by atoms with Crippen molar-refractivity contribution in [2.24, 2.45) is 11.1 Å². The molecule has 2 atom stereocenters. The second-order valence-electron chi connectivity index (χ2n) is 5.39. The van der Waals surface area contributed by atoms with Crippen molar-refractivity contribution in [2.75, 3.05) is 0 Å². The molecule has 18 heavy (non-hydrogen) atoms. The molecule has 0 bridgehead atoms. The molecule has 0 saturated carbocycles. The molecule has 0 aliphatic rings. The van der Waals surface area contributed by atoms with Gasteiger partial charge >= 0.3 is 0 Å². The fraction of sp³-hybridized carbons (Fsp3) is 0.538. The van der Waals surface area contributed by atoms with Crippen LogP contribution in [-0.2, 0) is 0 Å². The van der Waals surface area contributed by atoms with Gasteiger partial charge in [-0.2, -0.15) is 0 Å². The fourth-order valence-electron chi connectivity index (χ4n) is 1.49. The van der Waals surface area contributed by atoms with E-state index in [0.29, 0.717) is 0 Å². The second kappa shape index (κ2) is 6.45. The Morgan fingerprint density at radius 3 is 2.28 bits per heavy atom. The first-order valence-corrected chi connectivity index (χ1v) is 5.60. The van der Waals surface area contributed by atoms with Gasteiger partial charge in [0.2, 0.25) is 0 Å². The molecule has 0 aliphatic heterocycles. The van der Waals surface area contributed by atoms with E-state index in [2.05, 4.69) is 0 Å². The van der Waals surface area contributed by atoms with Gasteiger partial charge in [0, 0.05) is 17.7 Å². The van der Waals surface area contributed by atoms with Gasteiger partial charge in [-0.05, 0) is 17.9 Å². The van der Waals surface area contributed by atoms with Gasteiger partial charge in [-0.1, -0.05) is 26.8 Å². The quantitative estimate of drug-likeness (QED) is 0.893. The van der Waals surface area contributed by atoms with Crippen molar-refractivity contribution in [3.63, 3.8) is 0 Å². The van der Waals surface area contributed by atoms with Gasteiger partial charge in [0.05, 0.1) is 6.10 Å². The van der Waals surface area contributed by atoms with E-state index in [-0.39, 0.29) is 35.8 Å². The summed E-state index contributed by atoms with van der Waals surface area (Å²) in [5.41, 5.74) is 5.83. The maximum Gasteiger partial charge on any atom is 0.131 e. The molecule has 0 radical (unpaired) electrons. The lowest BCUT2D eigenvalue weighted by Crippen LogP contribution is -2.36. The monoisotopic (exact) mass is 279 g/mol. The Kier molecular flexibility index (Phi) is 6.20. The summed E-state index contributed by atoms with van der Waals surface area (Å²) >= 11 is 0. The summed E-state index contributed by atoms with van der Waals surface area (Å²) < 4.78 is 26.1. The van der Waals surface area contributed by atoms with E-state index in [1.165, 1.54) is 6.07 Å². The van der Waals surface area contributed by atoms with Crippen LogP contribution in [0.3, 0.4) is 0 Å². The number of rotatable bonds is 3. The Balaban J connectivity index is 0.00000289. The maximum atomic E-state index is 13.4. The highest BCUT2D eigenvalue weighted by Gasteiger charge is 2.25. The molecule has 0 heterocycles. The molecule has 104 valence electrons. The summed E-state index contributed by atoms with van der Waals surface area (Å²) in [4.78, 5) is 0. The average molecular weight is 280 g/mol. The van der Waals surface area contributed by atoms with E-state index in [0.717, 1.165) is 12.1 Å². The zero-order chi connectivity index (χ0) is 13.2. The van der Waals surface area contributed by atoms with Crippen LogP contribution in [0.15, 0.2) is 18.2 Å². The molecule has 0 amide bonds. The van der Waals surface area contributed by atoms with E-state index in [1.54, 1.807) is 0 Å². The van der Waals surface area contributed by atoms with Crippen molar-refractivity contribution in [2.45, 2.75) is 39.3 Å². The summed E-state index contributed by atoms with van der Waals surface area (Å²) in [5.74, 6) is -1.39. The molecule has 0 spiro atoms. The molecule has 5 heteroatoms. The second-order valence-corrected chi connectivity index (χ2v) is 5.39. The van der Waals surface area contributed by atoms with Crippen molar-refractivity contribution >= 4 is 12.4 Å². The molecule has 3 N–H and O–H groups in total. The largest absolute Gasteiger partial charge is 0.388 e. The zero-order valence-corrected chi connectivity index (χ0v) is 11.6. The average Bonchev–Trinajstić information content (AvgIpc) is 2.15. The highest BCUT2D eigenvalue weighted by molar-refractivity contribution is 5.85. The van der Waals surface area contributed by atoms with Crippen LogP contribution in [0.4, 0.5) is 8.78 Å². The van der Waals surface area contributed by atoms with Gasteiger partial charge in [-0.25, -0.2) is 8.78 Å². The number of benzene rings is 1. The van der Waals surface area contributed by atoms with Gasteiger partial charge < -0.3 is 10.8 Å². The third kappa shape index (κ3) is 4.52. The molecule has 1 rings (SSSR count). The van der Waals surface area contributed by atoms with Crippen LogP contribution in [0.2, 0.25) is 0 Å². The van der Waals surface area contributed by atoms with Gasteiger partial charge in [0.15, 0.2) is 0 Å². The third-order valence-corrected chi connectivity index (χ3v) is 2.91. The summed E-state index contributed by atoms with van der Waals surface area (Å²) in [7, 11) is 0. The maximum absolute atomic E-state index is 13.4. The first-order valence-electron chi connectivity index (χ1n) is 5.60. The van der Waals surface area contributed by atoms with Crippen molar-refractivity contribution in [1.82, 2.24) is 0 Å². The van der Waals surface area contributed by atoms with Crippen molar-refractivity contribution in [1.29, 1.82) is 0 Å². The standard InChI is InChI=1S/C13H19F2NO.ClH/c1-13(2,3)12(16)7-11(17)9-5-4-8(14)6-10(9)15;/h4-6,11-12,17H,7,16H2,1-3H3;1H/t11-,12-;/m0./s1. The van der Waals surface area contributed by atoms with Gasteiger partial charge in [0.1, 0.15) is 11.6 Å². The van der Waals surface area contributed by atoms with Gasteiger partial charge in [0.25, 0.3) is 0 Å². The number of halogens is 3. The first kappa shape index (κ1) is 17.3. The lowest BCUT2D eigenvalue weighted by molar-refractivity contribution is 0.130. The molecule has 1 aromatic carbocycles. The topological polar surface area (TPSA) is 46.2 Å². The summed E-state index contributed by atoms with van der Waals surface area (Å²) in [5, 5.41) is 9.88. The van der Waals surface area contributed by atoms with E-state index in [1.807, 2.05) is 20.8 Å². The highest BCUT2D eigenvalue weighted by atomic mass is 35.5. The highest BCUT2D eigenvalue weighted by Crippen LogP contribution is 2.28. The Hall–Kier alpha value is -0.710. The molecular weight excluding hydrogens is 260 g/mol.